The summed E-state index contributed by atoms with van der Waals surface area (Å²) in [6.45, 7) is 2.28. The van der Waals surface area contributed by atoms with Crippen molar-refractivity contribution in [1.29, 1.82) is 0 Å². The van der Waals surface area contributed by atoms with Crippen molar-refractivity contribution in [1.82, 2.24) is 0 Å². The van der Waals surface area contributed by atoms with Gasteiger partial charge in [-0.2, -0.15) is 0 Å². The Hall–Kier alpha value is -2.78. The largest absolute Gasteiger partial charge is 0.374 e. The zero-order chi connectivity index (χ0) is 16.0. The summed E-state index contributed by atoms with van der Waals surface area (Å²) in [6.07, 6.45) is 2.47. The topological polar surface area (TPSA) is 141 Å². The van der Waals surface area contributed by atoms with E-state index in [0.29, 0.717) is 13.0 Å². The van der Waals surface area contributed by atoms with Gasteiger partial charge in [-0.1, -0.05) is 19.8 Å². The Kier molecular flexibility index (Phi) is 5.52. The van der Waals surface area contributed by atoms with Crippen molar-refractivity contribution in [3.05, 3.63) is 42.5 Å². The van der Waals surface area contributed by atoms with Gasteiger partial charge in [0.05, 0.1) is 26.9 Å². The van der Waals surface area contributed by atoms with Crippen LogP contribution in [-0.2, 0) is 0 Å². The normalized spacial score (nSPS) is 10.1. The predicted molar refractivity (Wildman–Crippen MR) is 74.4 cm³/mol. The highest BCUT2D eigenvalue weighted by molar-refractivity contribution is 5.77. The third-order valence-electron chi connectivity index (χ3n) is 2.77. The van der Waals surface area contributed by atoms with Crippen LogP contribution in [0.15, 0.2) is 12.1 Å². The average molecular weight is 298 g/mol. The van der Waals surface area contributed by atoms with Crippen LogP contribution in [0.2, 0.25) is 0 Å². The minimum absolute atomic E-state index is 0.299. The molecule has 1 aromatic rings. The molecule has 0 spiro atoms. The van der Waals surface area contributed by atoms with Crippen LogP contribution in [0.25, 0.3) is 0 Å². The maximum absolute atomic E-state index is 11.0. The summed E-state index contributed by atoms with van der Waals surface area (Å²) in [5.41, 5.74) is -2.33. The van der Waals surface area contributed by atoms with E-state index >= 15 is 0 Å². The van der Waals surface area contributed by atoms with Crippen molar-refractivity contribution in [3.8, 4) is 0 Å². The van der Waals surface area contributed by atoms with Crippen molar-refractivity contribution in [2.24, 2.45) is 0 Å². The van der Waals surface area contributed by atoms with Gasteiger partial charge >= 0.3 is 11.4 Å². The van der Waals surface area contributed by atoms with Crippen LogP contribution in [0.4, 0.5) is 22.7 Å². The first-order chi connectivity index (χ1) is 9.88. The van der Waals surface area contributed by atoms with Gasteiger partial charge in [-0.05, 0) is 6.42 Å². The molecule has 114 valence electrons. The average Bonchev–Trinajstić information content (AvgIpc) is 2.42. The number of nitrogens with one attached hydrogen (secondary N) is 1. The van der Waals surface area contributed by atoms with E-state index in [9.17, 15) is 30.3 Å². The number of anilines is 1. The molecule has 10 nitrogen and oxygen atoms in total. The number of nitro benzene ring substituents is 3. The fraction of sp³-hybridized carbons (Fsp3) is 0.455. The van der Waals surface area contributed by atoms with Gasteiger partial charge in [-0.15, -0.1) is 0 Å². The highest BCUT2D eigenvalue weighted by atomic mass is 16.6. The first-order valence-electron chi connectivity index (χ1n) is 6.23. The molecule has 1 N–H and O–H groups in total. The van der Waals surface area contributed by atoms with Crippen LogP contribution in [0.1, 0.15) is 26.2 Å². The van der Waals surface area contributed by atoms with Gasteiger partial charge in [0.1, 0.15) is 0 Å². The first-order valence-corrected chi connectivity index (χ1v) is 6.23. The lowest BCUT2D eigenvalue weighted by Crippen LogP contribution is -2.08. The first kappa shape index (κ1) is 16.3. The van der Waals surface area contributed by atoms with E-state index in [1.165, 1.54) is 0 Å². The molecule has 10 heteroatoms. The molecule has 0 amide bonds. The summed E-state index contributed by atoms with van der Waals surface area (Å²) in [7, 11) is 0. The summed E-state index contributed by atoms with van der Waals surface area (Å²) in [6, 6.07) is 1.43. The molecule has 0 bridgehead atoms. The molecule has 0 saturated carbocycles. The Bertz CT molecular complexity index is 539. The zero-order valence-electron chi connectivity index (χ0n) is 11.3. The molecule has 0 aliphatic carbocycles. The van der Waals surface area contributed by atoms with Gasteiger partial charge in [0.25, 0.3) is 5.69 Å². The molecule has 1 aromatic carbocycles. The van der Waals surface area contributed by atoms with Crippen molar-refractivity contribution < 1.29 is 14.8 Å². The number of nitrogens with zero attached hydrogens (tertiary/aromatic N) is 3. The molecule has 0 unspecified atom stereocenters. The van der Waals surface area contributed by atoms with E-state index in [1.54, 1.807) is 0 Å². The predicted octanol–water partition coefficient (Wildman–Crippen LogP) is 3.01. The van der Waals surface area contributed by atoms with Gasteiger partial charge in [0.2, 0.25) is 0 Å². The fourth-order valence-corrected chi connectivity index (χ4v) is 1.76. The second kappa shape index (κ2) is 7.12. The second-order valence-electron chi connectivity index (χ2n) is 4.26. The third kappa shape index (κ3) is 4.09. The standard InChI is InChI=1S/C11H14N4O6/c1-2-3-4-5-12-11-9(14(18)19)6-8(13(16)17)7-10(11)15(20)21/h6-7,12H,2-5H2,1H3. The lowest BCUT2D eigenvalue weighted by atomic mass is 10.2. The van der Waals surface area contributed by atoms with E-state index in [4.69, 9.17) is 0 Å². The Balaban J connectivity index is 3.26. The van der Waals surface area contributed by atoms with Crippen LogP contribution in [0, 0.1) is 30.3 Å². The van der Waals surface area contributed by atoms with Crippen LogP contribution in [-0.4, -0.2) is 21.3 Å². The highest BCUT2D eigenvalue weighted by Gasteiger charge is 2.30. The Morgan fingerprint density at radius 1 is 0.952 bits per heavy atom. The number of hydrogen-bond donors (Lipinski definition) is 1. The fourth-order valence-electron chi connectivity index (χ4n) is 1.76. The van der Waals surface area contributed by atoms with Crippen molar-refractivity contribution in [2.75, 3.05) is 11.9 Å². The van der Waals surface area contributed by atoms with Crippen LogP contribution < -0.4 is 5.32 Å². The molecular weight excluding hydrogens is 284 g/mol. The lowest BCUT2D eigenvalue weighted by molar-refractivity contribution is -0.401. The molecule has 0 atom stereocenters. The van der Waals surface area contributed by atoms with Gasteiger partial charge in [0, 0.05) is 6.54 Å². The zero-order valence-corrected chi connectivity index (χ0v) is 11.3. The van der Waals surface area contributed by atoms with E-state index in [1.807, 2.05) is 6.92 Å². The minimum atomic E-state index is -0.902. The molecule has 1 rings (SSSR count). The highest BCUT2D eigenvalue weighted by Crippen LogP contribution is 2.38. The van der Waals surface area contributed by atoms with Crippen LogP contribution in [0.5, 0.6) is 0 Å². The molecular formula is C11H14N4O6. The summed E-state index contributed by atoms with van der Waals surface area (Å²) in [4.78, 5) is 30.0. The lowest BCUT2D eigenvalue weighted by Gasteiger charge is -2.07. The van der Waals surface area contributed by atoms with E-state index in [0.717, 1.165) is 25.0 Å². The van der Waals surface area contributed by atoms with Gasteiger partial charge in [0.15, 0.2) is 5.69 Å². The third-order valence-corrected chi connectivity index (χ3v) is 2.77. The Morgan fingerprint density at radius 2 is 1.48 bits per heavy atom. The molecule has 0 aliphatic rings. The number of non-ortho nitro benzene ring substituents is 1. The second-order valence-corrected chi connectivity index (χ2v) is 4.26. The number of unbranched alkanes of at least 4 members (excludes halogenated alkanes) is 2. The van der Waals surface area contributed by atoms with Gasteiger partial charge < -0.3 is 5.32 Å². The quantitative estimate of drug-likeness (QED) is 0.441. The maximum atomic E-state index is 11.0. The Labute approximate surface area is 119 Å². The smallest absolute Gasteiger partial charge is 0.306 e. The van der Waals surface area contributed by atoms with Crippen molar-refractivity contribution in [3.63, 3.8) is 0 Å². The van der Waals surface area contributed by atoms with Crippen molar-refractivity contribution in [2.45, 2.75) is 26.2 Å². The number of benzene rings is 1. The van der Waals surface area contributed by atoms with E-state index in [2.05, 4.69) is 5.32 Å². The Morgan fingerprint density at radius 3 is 1.86 bits per heavy atom. The minimum Gasteiger partial charge on any atom is -0.374 e. The molecule has 0 saturated heterocycles. The maximum Gasteiger partial charge on any atom is 0.306 e. The van der Waals surface area contributed by atoms with Crippen LogP contribution >= 0.6 is 0 Å². The summed E-state index contributed by atoms with van der Waals surface area (Å²) < 4.78 is 0. The van der Waals surface area contributed by atoms with Crippen molar-refractivity contribution >= 4 is 22.7 Å². The molecule has 0 aliphatic heterocycles. The molecule has 0 radical (unpaired) electrons. The monoisotopic (exact) mass is 298 g/mol. The summed E-state index contributed by atoms with van der Waals surface area (Å²) in [5, 5.41) is 35.3. The van der Waals surface area contributed by atoms with E-state index < -0.39 is 31.8 Å². The molecule has 0 heterocycles. The van der Waals surface area contributed by atoms with Gasteiger partial charge in [-0.3, -0.25) is 30.3 Å². The van der Waals surface area contributed by atoms with E-state index in [-0.39, 0.29) is 5.69 Å². The summed E-state index contributed by atoms with van der Waals surface area (Å²) >= 11 is 0. The van der Waals surface area contributed by atoms with Gasteiger partial charge in [-0.25, -0.2) is 0 Å². The number of rotatable bonds is 8. The molecule has 0 fully saturated rings. The number of nitro groups is 3. The molecule has 21 heavy (non-hydrogen) atoms. The number of hydrogen-bond acceptors (Lipinski definition) is 7. The molecule has 0 aromatic heterocycles. The summed E-state index contributed by atoms with van der Waals surface area (Å²) in [5.74, 6) is 0. The van der Waals surface area contributed by atoms with Crippen LogP contribution in [0.3, 0.4) is 0 Å². The SMILES string of the molecule is CCCCCNc1c([N+](=O)[O-])cc([N+](=O)[O-])cc1[N+](=O)[O-].